The maximum atomic E-state index is 9.43. The Morgan fingerprint density at radius 3 is 1.75 bits per heavy atom. The Labute approximate surface area is 48.8 Å². The number of hydrogen-bond donors (Lipinski definition) is 2. The monoisotopic (exact) mass is 117 g/mol. The summed E-state index contributed by atoms with van der Waals surface area (Å²) in [4.78, 5) is 10.9. The van der Waals surface area contributed by atoms with Crippen LogP contribution in [0.2, 0.25) is 0 Å². The van der Waals surface area contributed by atoms with Gasteiger partial charge in [0, 0.05) is 14.1 Å². The first kappa shape index (κ1) is 10.0. The zero-order chi connectivity index (χ0) is 6.99. The van der Waals surface area contributed by atoms with Gasteiger partial charge in [-0.25, -0.2) is 0 Å². The predicted molar refractivity (Wildman–Crippen MR) is 32.7 cm³/mol. The molecule has 0 aromatic heterocycles. The van der Waals surface area contributed by atoms with Gasteiger partial charge in [0.05, 0.1) is 6.34 Å². The molecule has 4 nitrogen and oxygen atoms in total. The van der Waals surface area contributed by atoms with Gasteiger partial charge in [-0.3, -0.25) is 10.2 Å². The van der Waals surface area contributed by atoms with Crippen LogP contribution in [-0.4, -0.2) is 31.7 Å². The number of rotatable bonds is 1. The van der Waals surface area contributed by atoms with Crippen LogP contribution in [0.1, 0.15) is 0 Å². The lowest BCUT2D eigenvalue weighted by Gasteiger charge is -1.93. The maximum Gasteiger partial charge on any atom is 0.209 e. The zero-order valence-corrected chi connectivity index (χ0v) is 5.09. The van der Waals surface area contributed by atoms with Gasteiger partial charge in [-0.2, -0.15) is 0 Å². The summed E-state index contributed by atoms with van der Waals surface area (Å²) in [5, 5.41) is 5.86. The first-order chi connectivity index (χ1) is 3.68. The Kier molecular flexibility index (Phi) is 11.7. The van der Waals surface area contributed by atoms with Crippen LogP contribution in [-0.2, 0) is 4.79 Å². The second-order valence-corrected chi connectivity index (χ2v) is 1.24. The Balaban J connectivity index is 0. The molecule has 0 aliphatic rings. The lowest BCUT2D eigenvalue weighted by molar-refractivity contribution is -0.115. The van der Waals surface area contributed by atoms with Gasteiger partial charge in [0.25, 0.3) is 0 Å². The highest BCUT2D eigenvalue weighted by Crippen LogP contribution is 1.52. The van der Waals surface area contributed by atoms with Gasteiger partial charge >= 0.3 is 0 Å². The zero-order valence-electron chi connectivity index (χ0n) is 5.09. The van der Waals surface area contributed by atoms with E-state index in [-0.39, 0.29) is 0 Å². The quantitative estimate of drug-likeness (QED) is 0.270. The molecule has 48 valence electrons. The summed E-state index contributed by atoms with van der Waals surface area (Å²) >= 11 is 0. The van der Waals surface area contributed by atoms with Crippen LogP contribution in [0, 0.1) is 5.41 Å². The number of amides is 1. The maximum absolute atomic E-state index is 9.43. The molecule has 3 N–H and O–H groups in total. The van der Waals surface area contributed by atoms with Gasteiger partial charge in [0.2, 0.25) is 6.41 Å². The molecule has 0 spiro atoms. The van der Waals surface area contributed by atoms with Crippen molar-refractivity contribution in [1.82, 2.24) is 4.90 Å². The van der Waals surface area contributed by atoms with Crippen molar-refractivity contribution < 1.29 is 4.79 Å². The molecule has 1 amide bonds. The molecule has 0 bridgehead atoms. The minimum absolute atomic E-state index is 0.750. The molecule has 0 saturated carbocycles. The second-order valence-electron chi connectivity index (χ2n) is 1.24. The average molecular weight is 117 g/mol. The van der Waals surface area contributed by atoms with E-state index in [0.717, 1.165) is 12.7 Å². The summed E-state index contributed by atoms with van der Waals surface area (Å²) in [5.41, 5.74) is 4.39. The van der Waals surface area contributed by atoms with Crippen molar-refractivity contribution in [2.24, 2.45) is 5.73 Å². The summed E-state index contributed by atoms with van der Waals surface area (Å²) < 4.78 is 0. The normalized spacial score (nSPS) is 5.75. The summed E-state index contributed by atoms with van der Waals surface area (Å²) in [6.07, 6.45) is 1.50. The fourth-order valence-corrected chi connectivity index (χ4v) is 0. The van der Waals surface area contributed by atoms with Crippen molar-refractivity contribution >= 4 is 12.7 Å². The molecule has 0 aliphatic heterocycles. The Morgan fingerprint density at radius 2 is 1.75 bits per heavy atom. The first-order valence-electron chi connectivity index (χ1n) is 2.01. The Morgan fingerprint density at radius 1 is 1.62 bits per heavy atom. The van der Waals surface area contributed by atoms with Crippen LogP contribution >= 0.6 is 0 Å². The number of carbonyl (C=O) groups excluding carboxylic acids is 1. The third-order valence-corrected chi connectivity index (χ3v) is 0.211. The highest BCUT2D eigenvalue weighted by Gasteiger charge is 1.68. The highest BCUT2D eigenvalue weighted by molar-refractivity contribution is 5.46. The molecule has 0 saturated heterocycles. The van der Waals surface area contributed by atoms with Crippen molar-refractivity contribution in [1.29, 1.82) is 5.41 Å². The van der Waals surface area contributed by atoms with Crippen LogP contribution in [0.3, 0.4) is 0 Å². The average Bonchev–Trinajstić information content (AvgIpc) is 1.69. The molecule has 4 heteroatoms. The van der Waals surface area contributed by atoms with Crippen LogP contribution in [0.5, 0.6) is 0 Å². The Hall–Kier alpha value is -1.06. The van der Waals surface area contributed by atoms with E-state index in [2.05, 4.69) is 5.73 Å². The van der Waals surface area contributed by atoms with E-state index in [1.165, 1.54) is 4.90 Å². The van der Waals surface area contributed by atoms with E-state index in [4.69, 9.17) is 5.41 Å². The first-order valence-corrected chi connectivity index (χ1v) is 2.01. The van der Waals surface area contributed by atoms with Crippen molar-refractivity contribution in [3.63, 3.8) is 0 Å². The standard InChI is InChI=1S/C3H7NO.CH4N2/c1-4(2)3-5;2-1-3/h3H,1-2H3;1H,(H3,2,3). The van der Waals surface area contributed by atoms with E-state index < -0.39 is 0 Å². The molecule has 8 heavy (non-hydrogen) atoms. The van der Waals surface area contributed by atoms with E-state index in [1.807, 2.05) is 0 Å². The molecule has 0 heterocycles. The van der Waals surface area contributed by atoms with Gasteiger partial charge in [0.15, 0.2) is 0 Å². The van der Waals surface area contributed by atoms with E-state index in [9.17, 15) is 4.79 Å². The minimum Gasteiger partial charge on any atom is -0.390 e. The predicted octanol–water partition coefficient (Wildman–Crippen LogP) is -0.743. The van der Waals surface area contributed by atoms with E-state index in [1.54, 1.807) is 14.1 Å². The molecule has 0 aromatic carbocycles. The number of nitrogens with zero attached hydrogens (tertiary/aromatic N) is 1. The molecule has 0 aromatic rings. The van der Waals surface area contributed by atoms with Crippen LogP contribution < -0.4 is 5.73 Å². The van der Waals surface area contributed by atoms with Crippen molar-refractivity contribution in [2.45, 2.75) is 0 Å². The van der Waals surface area contributed by atoms with E-state index in [0.29, 0.717) is 0 Å². The van der Waals surface area contributed by atoms with Crippen LogP contribution in [0.25, 0.3) is 0 Å². The molecule has 0 unspecified atom stereocenters. The smallest absolute Gasteiger partial charge is 0.209 e. The fraction of sp³-hybridized carbons (Fsp3) is 0.500. The Bertz CT molecular complexity index is 62.3. The van der Waals surface area contributed by atoms with Gasteiger partial charge in [-0.15, -0.1) is 0 Å². The summed E-state index contributed by atoms with van der Waals surface area (Å²) in [7, 11) is 3.38. The summed E-state index contributed by atoms with van der Waals surface area (Å²) in [5.74, 6) is 0. The topological polar surface area (TPSA) is 70.2 Å². The molecule has 0 rings (SSSR count). The van der Waals surface area contributed by atoms with Crippen LogP contribution in [0.4, 0.5) is 0 Å². The fourth-order valence-electron chi connectivity index (χ4n) is 0. The molecule has 0 radical (unpaired) electrons. The van der Waals surface area contributed by atoms with E-state index >= 15 is 0 Å². The van der Waals surface area contributed by atoms with Crippen molar-refractivity contribution in [2.75, 3.05) is 14.1 Å². The third kappa shape index (κ3) is 86.8. The van der Waals surface area contributed by atoms with Gasteiger partial charge in [-0.1, -0.05) is 0 Å². The number of nitrogens with one attached hydrogen (secondary N) is 1. The summed E-state index contributed by atoms with van der Waals surface area (Å²) in [6, 6.07) is 0. The molecular weight excluding hydrogens is 106 g/mol. The molecule has 0 fully saturated rings. The number of hydrogen-bond acceptors (Lipinski definition) is 2. The second kappa shape index (κ2) is 9.34. The highest BCUT2D eigenvalue weighted by atomic mass is 16.1. The number of carbonyl (C=O) groups is 1. The minimum atomic E-state index is 0.750. The SMILES string of the molecule is CN(C)C=O.N=CN. The molecule has 0 aliphatic carbocycles. The van der Waals surface area contributed by atoms with Crippen molar-refractivity contribution in [3.05, 3.63) is 0 Å². The summed E-state index contributed by atoms with van der Waals surface area (Å²) in [6.45, 7) is 0. The molecule has 0 atom stereocenters. The van der Waals surface area contributed by atoms with Crippen molar-refractivity contribution in [3.8, 4) is 0 Å². The van der Waals surface area contributed by atoms with Gasteiger partial charge in [0.1, 0.15) is 0 Å². The largest absolute Gasteiger partial charge is 0.390 e. The third-order valence-electron chi connectivity index (χ3n) is 0.211. The van der Waals surface area contributed by atoms with Gasteiger partial charge < -0.3 is 10.6 Å². The number of nitrogens with two attached hydrogens (primary N) is 1. The van der Waals surface area contributed by atoms with Gasteiger partial charge in [-0.05, 0) is 0 Å². The lowest BCUT2D eigenvalue weighted by Crippen LogP contribution is -2.06. The lowest BCUT2D eigenvalue weighted by atomic mass is 11.0. The van der Waals surface area contributed by atoms with Crippen LogP contribution in [0.15, 0.2) is 0 Å². The molecular formula is C4H11N3O.